The molecule has 0 aliphatic heterocycles. The molecule has 8 heteroatoms. The molecule has 0 saturated carbocycles. The molecule has 0 N–H and O–H groups in total. The Morgan fingerprint density at radius 1 is 0.846 bits per heavy atom. The number of rotatable bonds is 12. The van der Waals surface area contributed by atoms with E-state index in [1.54, 1.807) is 11.3 Å². The summed E-state index contributed by atoms with van der Waals surface area (Å²) in [6.07, 6.45) is 5.08. The Hall–Kier alpha value is -0.486. The zero-order chi connectivity index (χ0) is 29.5. The molecular weight excluding hydrogens is 668 g/mol. The first-order valence-corrected chi connectivity index (χ1v) is 20.8. The van der Waals surface area contributed by atoms with E-state index < -0.39 is 18.1 Å². The first-order chi connectivity index (χ1) is 18.0. The largest absolute Gasteiger partial charge is 0.488 e. The summed E-state index contributed by atoms with van der Waals surface area (Å²) in [4.78, 5) is 2.47. The SMILES string of the molecule is CCC(=CC=C(Br)Br)c1ccc(COc2ccc(C(O[Si](C)C)C(C)(C)C)c(C(O[Si](C)C)C(C)(C)C)c2)s1. The number of ether oxygens (including phenoxy) is 1. The molecule has 3 nitrogen and oxygen atoms in total. The van der Waals surface area contributed by atoms with Gasteiger partial charge < -0.3 is 13.6 Å². The normalized spacial score (nSPS) is 14.6. The second-order valence-corrected chi connectivity index (χ2v) is 20.4. The molecule has 2 unspecified atom stereocenters. The van der Waals surface area contributed by atoms with E-state index in [9.17, 15) is 0 Å². The van der Waals surface area contributed by atoms with Crippen LogP contribution >= 0.6 is 43.2 Å². The predicted octanol–water partition coefficient (Wildman–Crippen LogP) is 11.5. The van der Waals surface area contributed by atoms with Crippen LogP contribution < -0.4 is 4.74 Å². The molecule has 1 heterocycles. The maximum absolute atomic E-state index is 6.69. The van der Waals surface area contributed by atoms with Gasteiger partial charge in [0.05, 0.1) is 15.6 Å². The molecule has 0 saturated heterocycles. The lowest BCUT2D eigenvalue weighted by atomic mass is 9.77. The van der Waals surface area contributed by atoms with Crippen LogP contribution in [0.3, 0.4) is 0 Å². The molecule has 0 fully saturated rings. The van der Waals surface area contributed by atoms with Crippen molar-refractivity contribution in [2.24, 2.45) is 10.8 Å². The Kier molecular flexibility index (Phi) is 13.5. The molecule has 39 heavy (non-hydrogen) atoms. The van der Waals surface area contributed by atoms with Gasteiger partial charge in [-0.05, 0) is 122 Å². The fraction of sp³-hybridized carbons (Fsp3) is 0.548. The van der Waals surface area contributed by atoms with Gasteiger partial charge in [0.25, 0.3) is 0 Å². The van der Waals surface area contributed by atoms with Gasteiger partial charge in [-0.1, -0.05) is 60.6 Å². The summed E-state index contributed by atoms with van der Waals surface area (Å²) in [7, 11) is -1.85. The van der Waals surface area contributed by atoms with Crippen LogP contribution in [0.4, 0.5) is 0 Å². The fourth-order valence-corrected chi connectivity index (χ4v) is 7.50. The summed E-state index contributed by atoms with van der Waals surface area (Å²) in [6, 6.07) is 10.9. The van der Waals surface area contributed by atoms with Gasteiger partial charge in [-0.2, -0.15) is 0 Å². The van der Waals surface area contributed by atoms with Gasteiger partial charge in [0, 0.05) is 9.75 Å². The first-order valence-electron chi connectivity index (χ1n) is 13.5. The zero-order valence-corrected chi connectivity index (χ0v) is 31.5. The van der Waals surface area contributed by atoms with Gasteiger partial charge in [0.2, 0.25) is 18.1 Å². The van der Waals surface area contributed by atoms with Crippen molar-refractivity contribution >= 4 is 66.9 Å². The van der Waals surface area contributed by atoms with Crippen LogP contribution in [0, 0.1) is 10.8 Å². The summed E-state index contributed by atoms with van der Waals surface area (Å²) in [6.45, 7) is 25.1. The standard InChI is InChI=1S/C31H46Br2O3SSi2/c1-12-21(13-18-27(32)33)26-17-15-23(37-26)20-34-22-14-16-24(28(30(2,3)4)35-38(8)9)25(19-22)29(31(5,6)7)36-39(10)11/h13-19,28-29H,12,20H2,1-11H3. The lowest BCUT2D eigenvalue weighted by Crippen LogP contribution is -2.31. The maximum Gasteiger partial charge on any atom is 0.205 e. The smallest absolute Gasteiger partial charge is 0.205 e. The van der Waals surface area contributed by atoms with Gasteiger partial charge >= 0.3 is 0 Å². The predicted molar refractivity (Wildman–Crippen MR) is 181 cm³/mol. The van der Waals surface area contributed by atoms with Crippen molar-refractivity contribution in [1.29, 1.82) is 0 Å². The van der Waals surface area contributed by atoms with Crippen LogP contribution in [-0.2, 0) is 15.5 Å². The van der Waals surface area contributed by atoms with Crippen LogP contribution in [0.1, 0.15) is 88.0 Å². The Balaban J connectivity index is 2.48. The van der Waals surface area contributed by atoms with Crippen molar-refractivity contribution in [3.63, 3.8) is 0 Å². The average Bonchev–Trinajstić information content (AvgIpc) is 3.27. The highest BCUT2D eigenvalue weighted by Gasteiger charge is 2.36. The maximum atomic E-state index is 6.69. The van der Waals surface area contributed by atoms with E-state index in [2.05, 4.69) is 143 Å². The third-order valence-electron chi connectivity index (χ3n) is 6.05. The summed E-state index contributed by atoms with van der Waals surface area (Å²) in [5, 5.41) is 0. The van der Waals surface area contributed by atoms with Gasteiger partial charge in [-0.25, -0.2) is 0 Å². The molecule has 0 spiro atoms. The third-order valence-corrected chi connectivity index (χ3v) is 9.13. The summed E-state index contributed by atoms with van der Waals surface area (Å²) < 4.78 is 20.7. The number of hydrogen-bond acceptors (Lipinski definition) is 4. The van der Waals surface area contributed by atoms with Crippen LogP contribution in [-0.4, -0.2) is 18.1 Å². The van der Waals surface area contributed by atoms with Crippen LogP contribution in [0.2, 0.25) is 26.2 Å². The molecule has 0 amide bonds. The average molecular weight is 715 g/mol. The fourth-order valence-electron chi connectivity index (χ4n) is 4.31. The molecule has 2 atom stereocenters. The molecule has 2 rings (SSSR count). The van der Waals surface area contributed by atoms with E-state index in [1.807, 2.05) is 6.08 Å². The quantitative estimate of drug-likeness (QED) is 0.162. The molecule has 0 bridgehead atoms. The first kappa shape index (κ1) is 34.7. The van der Waals surface area contributed by atoms with Gasteiger partial charge in [-0.3, -0.25) is 0 Å². The minimum Gasteiger partial charge on any atom is -0.488 e. The van der Waals surface area contributed by atoms with E-state index >= 15 is 0 Å². The van der Waals surface area contributed by atoms with E-state index in [1.165, 1.54) is 26.5 Å². The highest BCUT2D eigenvalue weighted by molar-refractivity contribution is 9.28. The van der Waals surface area contributed by atoms with Crippen molar-refractivity contribution in [1.82, 2.24) is 0 Å². The van der Waals surface area contributed by atoms with Gasteiger partial charge in [-0.15, -0.1) is 11.3 Å². The van der Waals surface area contributed by atoms with Gasteiger partial charge in [0.1, 0.15) is 12.4 Å². The second-order valence-electron chi connectivity index (χ2n) is 12.4. The molecule has 1 aromatic heterocycles. The number of hydrogen-bond donors (Lipinski definition) is 0. The van der Waals surface area contributed by atoms with Crippen molar-refractivity contribution in [3.8, 4) is 5.75 Å². The molecular formula is C31H46Br2O3SSi2. The molecule has 0 aliphatic rings. The van der Waals surface area contributed by atoms with Crippen LogP contribution in [0.15, 0.2) is 45.9 Å². The number of halogens is 2. The third kappa shape index (κ3) is 11.0. The Bertz CT molecular complexity index is 1120. The highest BCUT2D eigenvalue weighted by atomic mass is 79.9. The number of benzene rings is 1. The lowest BCUT2D eigenvalue weighted by molar-refractivity contribution is 0.0653. The topological polar surface area (TPSA) is 27.7 Å². The lowest BCUT2D eigenvalue weighted by Gasteiger charge is -2.39. The Morgan fingerprint density at radius 3 is 1.90 bits per heavy atom. The Morgan fingerprint density at radius 2 is 1.41 bits per heavy atom. The molecule has 2 radical (unpaired) electrons. The number of thiophene rings is 1. The molecule has 1 aromatic carbocycles. The van der Waals surface area contributed by atoms with E-state index in [4.69, 9.17) is 13.6 Å². The van der Waals surface area contributed by atoms with Crippen molar-refractivity contribution < 1.29 is 13.6 Å². The zero-order valence-electron chi connectivity index (χ0n) is 25.5. The van der Waals surface area contributed by atoms with Crippen LogP contribution in [0.25, 0.3) is 5.57 Å². The highest BCUT2D eigenvalue weighted by Crippen LogP contribution is 2.46. The van der Waals surface area contributed by atoms with Gasteiger partial charge in [0.15, 0.2) is 0 Å². The minimum atomic E-state index is -0.936. The summed E-state index contributed by atoms with van der Waals surface area (Å²) in [5.41, 5.74) is 3.58. The summed E-state index contributed by atoms with van der Waals surface area (Å²) in [5.74, 6) is 0.867. The molecule has 0 aliphatic carbocycles. The monoisotopic (exact) mass is 712 g/mol. The van der Waals surface area contributed by atoms with E-state index in [0.717, 1.165) is 15.6 Å². The van der Waals surface area contributed by atoms with E-state index in [-0.39, 0.29) is 23.0 Å². The van der Waals surface area contributed by atoms with E-state index in [0.29, 0.717) is 6.61 Å². The molecule has 216 valence electrons. The minimum absolute atomic E-state index is 0.0176. The Labute approximate surface area is 262 Å². The van der Waals surface area contributed by atoms with Crippen molar-refractivity contribution in [2.45, 2.75) is 99.9 Å². The summed E-state index contributed by atoms with van der Waals surface area (Å²) >= 11 is 8.67. The van der Waals surface area contributed by atoms with Crippen molar-refractivity contribution in [2.75, 3.05) is 0 Å². The van der Waals surface area contributed by atoms with Crippen molar-refractivity contribution in [3.05, 3.63) is 66.8 Å². The molecule has 2 aromatic rings. The number of allylic oxidation sites excluding steroid dienone is 3. The van der Waals surface area contributed by atoms with Crippen LogP contribution in [0.5, 0.6) is 5.75 Å². The second kappa shape index (κ2) is 15.1.